The van der Waals surface area contributed by atoms with E-state index in [4.69, 9.17) is 11.5 Å². The Morgan fingerprint density at radius 2 is 1.23 bits per heavy atom. The average Bonchev–Trinajstić information content (AvgIpc) is 3.79. The number of aliphatic hydroxyl groups is 2. The first-order chi connectivity index (χ1) is 33.2. The number of nitrogens with two attached hydrogens (primary N) is 2. The maximum atomic E-state index is 13.8. The molecule has 1 heterocycles. The zero-order valence-electron chi connectivity index (χ0n) is 40.6. The van der Waals surface area contributed by atoms with Crippen LogP contribution >= 0.6 is 0 Å². The van der Waals surface area contributed by atoms with Crippen LogP contribution in [0.1, 0.15) is 92.1 Å². The Balaban J connectivity index is 2.23. The maximum Gasteiger partial charge on any atom is 0.326 e. The number of aliphatic carboxylic acids is 2. The number of carbonyl (C=O) groups is 11. The van der Waals surface area contributed by atoms with Gasteiger partial charge in [-0.3, -0.25) is 47.9 Å². The molecule has 0 bridgehead atoms. The lowest BCUT2D eigenvalue weighted by atomic mass is 10.0. The van der Waals surface area contributed by atoms with Gasteiger partial charge in [-0.2, -0.15) is 0 Å². The average molecular weight is 1010 g/mol. The molecule has 2 rings (SSSR count). The van der Waals surface area contributed by atoms with Crippen LogP contribution in [0.2, 0.25) is 0 Å². The second-order valence-corrected chi connectivity index (χ2v) is 18.2. The summed E-state index contributed by atoms with van der Waals surface area (Å²) in [7, 11) is 0. The fraction of sp³-hybridized carbons (Fsp3) is 0.622. The number of benzene rings is 1. The summed E-state index contributed by atoms with van der Waals surface area (Å²) in [5, 5.41) is 66.0. The number of carboxylic acids is 2. The number of hydrogen-bond donors (Lipinski definition) is 14. The number of primary amides is 1. The fourth-order valence-electron chi connectivity index (χ4n) is 7.35. The van der Waals surface area contributed by atoms with E-state index in [1.807, 2.05) is 0 Å². The SMILES string of the molecule is CC(C)C[C@H](NC(=O)[C@@H]1CCCN1C(=O)[C@@H](N)CCC(N)=O)C(=O)N[C@H](C(=O)N[C@@H](CCC(=O)O)C(=O)N[C@@H](C)C(=O)N[C@@H](CO)C(=O)N[C@@H](Cc1ccc(O)cc1)C(=O)N[C@H](C(=O)O)C(C)C)[C@@H](C)O. The number of nitrogens with one attached hydrogen (secondary N) is 7. The van der Waals surface area contributed by atoms with Gasteiger partial charge in [0.05, 0.1) is 18.8 Å². The lowest BCUT2D eigenvalue weighted by Crippen LogP contribution is -2.62. The topological polar surface area (TPSA) is 428 Å². The first-order valence-corrected chi connectivity index (χ1v) is 23.1. The molecule has 71 heavy (non-hydrogen) atoms. The van der Waals surface area contributed by atoms with Crippen LogP contribution in [-0.2, 0) is 59.2 Å². The van der Waals surface area contributed by atoms with Gasteiger partial charge in [-0.15, -0.1) is 0 Å². The van der Waals surface area contributed by atoms with Crippen molar-refractivity contribution in [2.75, 3.05) is 13.2 Å². The Morgan fingerprint density at radius 3 is 1.76 bits per heavy atom. The molecule has 0 aliphatic carbocycles. The number of hydrogen-bond acceptors (Lipinski definition) is 15. The van der Waals surface area contributed by atoms with E-state index in [2.05, 4.69) is 37.2 Å². The number of nitrogens with zero attached hydrogens (tertiary/aromatic N) is 1. The Bertz CT molecular complexity index is 2070. The largest absolute Gasteiger partial charge is 0.508 e. The van der Waals surface area contributed by atoms with Crippen molar-refractivity contribution < 1.29 is 78.3 Å². The molecule has 0 spiro atoms. The number of carboxylic acid groups (broad SMARTS) is 2. The molecule has 26 heteroatoms. The molecule has 10 atom stereocenters. The number of phenolic OH excluding ortho intramolecular Hbond substituents is 1. The van der Waals surface area contributed by atoms with Gasteiger partial charge in [0, 0.05) is 25.8 Å². The van der Waals surface area contributed by atoms with Gasteiger partial charge in [0.2, 0.25) is 53.2 Å². The second-order valence-electron chi connectivity index (χ2n) is 18.2. The quantitative estimate of drug-likeness (QED) is 0.0363. The number of aromatic hydroxyl groups is 1. The molecule has 0 aromatic heterocycles. The summed E-state index contributed by atoms with van der Waals surface area (Å²) in [6.45, 7) is 8.00. The van der Waals surface area contributed by atoms with Crippen molar-refractivity contribution in [1.82, 2.24) is 42.1 Å². The van der Waals surface area contributed by atoms with Gasteiger partial charge >= 0.3 is 11.9 Å². The van der Waals surface area contributed by atoms with Crippen molar-refractivity contribution in [1.29, 1.82) is 0 Å². The third kappa shape index (κ3) is 19.8. The summed E-state index contributed by atoms with van der Waals surface area (Å²) in [6, 6.07) is -7.56. The van der Waals surface area contributed by atoms with Crippen LogP contribution < -0.4 is 48.7 Å². The zero-order chi connectivity index (χ0) is 53.9. The number of amides is 9. The maximum absolute atomic E-state index is 13.8. The molecule has 1 aliphatic heterocycles. The first-order valence-electron chi connectivity index (χ1n) is 23.1. The van der Waals surface area contributed by atoms with Gasteiger partial charge in [0.1, 0.15) is 54.1 Å². The monoisotopic (exact) mass is 1010 g/mol. The van der Waals surface area contributed by atoms with E-state index >= 15 is 0 Å². The summed E-state index contributed by atoms with van der Waals surface area (Å²) < 4.78 is 0. The molecular formula is C45H70N10O16. The van der Waals surface area contributed by atoms with Gasteiger partial charge in [0.15, 0.2) is 0 Å². The molecule has 396 valence electrons. The second kappa shape index (κ2) is 28.7. The Morgan fingerprint density at radius 1 is 0.676 bits per heavy atom. The van der Waals surface area contributed by atoms with Crippen molar-refractivity contribution in [3.05, 3.63) is 29.8 Å². The molecule has 1 aromatic carbocycles. The van der Waals surface area contributed by atoms with Gasteiger partial charge in [-0.1, -0.05) is 39.8 Å². The third-order valence-electron chi connectivity index (χ3n) is 11.3. The van der Waals surface area contributed by atoms with Crippen molar-refractivity contribution in [2.24, 2.45) is 23.3 Å². The van der Waals surface area contributed by atoms with E-state index in [0.717, 1.165) is 13.8 Å². The van der Waals surface area contributed by atoms with Crippen LogP contribution in [0.3, 0.4) is 0 Å². The van der Waals surface area contributed by atoms with Crippen molar-refractivity contribution >= 4 is 65.1 Å². The van der Waals surface area contributed by atoms with Crippen molar-refractivity contribution in [2.45, 2.75) is 153 Å². The highest BCUT2D eigenvalue weighted by Gasteiger charge is 2.39. The van der Waals surface area contributed by atoms with Crippen LogP contribution in [0.15, 0.2) is 24.3 Å². The van der Waals surface area contributed by atoms with Crippen LogP contribution in [0, 0.1) is 11.8 Å². The molecule has 16 N–H and O–H groups in total. The Hall–Kier alpha value is -6.93. The van der Waals surface area contributed by atoms with Crippen molar-refractivity contribution in [3.63, 3.8) is 0 Å². The summed E-state index contributed by atoms with van der Waals surface area (Å²) in [6.07, 6.45) is -2.65. The van der Waals surface area contributed by atoms with Gasteiger partial charge in [-0.25, -0.2) is 4.79 Å². The lowest BCUT2D eigenvalue weighted by molar-refractivity contribution is -0.143. The minimum Gasteiger partial charge on any atom is -0.508 e. The van der Waals surface area contributed by atoms with E-state index < -0.39 is 151 Å². The third-order valence-corrected chi connectivity index (χ3v) is 11.3. The molecule has 1 aromatic rings. The first kappa shape index (κ1) is 60.2. The van der Waals surface area contributed by atoms with E-state index in [1.165, 1.54) is 29.2 Å². The number of phenols is 1. The molecule has 1 fully saturated rings. The number of likely N-dealkylation sites (tertiary alicyclic amines) is 1. The molecular weight excluding hydrogens is 937 g/mol. The van der Waals surface area contributed by atoms with Gasteiger partial charge in [0.25, 0.3) is 0 Å². The summed E-state index contributed by atoms with van der Waals surface area (Å²) in [5.74, 6) is -11.9. The van der Waals surface area contributed by atoms with Gasteiger partial charge in [-0.05, 0) is 75.5 Å². The normalized spacial score (nSPS) is 17.2. The molecule has 26 nitrogen and oxygen atoms in total. The minimum atomic E-state index is -1.80. The molecule has 9 amide bonds. The summed E-state index contributed by atoms with van der Waals surface area (Å²) in [5.41, 5.74) is 11.6. The highest BCUT2D eigenvalue weighted by Crippen LogP contribution is 2.20. The molecule has 0 radical (unpaired) electrons. The van der Waals surface area contributed by atoms with E-state index in [1.54, 1.807) is 27.7 Å². The predicted molar refractivity (Wildman–Crippen MR) is 250 cm³/mol. The summed E-state index contributed by atoms with van der Waals surface area (Å²) >= 11 is 0. The standard InChI is InChI=1S/C45H70N10O16/c1-21(2)18-29(51-42(67)32-8-7-17-55(32)44(69)27(46)13-15-33(47)59)39(64)54-36(24(6)57)43(68)49-28(14-16-34(60)61)38(63)48-23(5)37(62)52-31(20-56)41(66)50-30(19-25-9-11-26(58)12-10-25)40(65)53-35(22(3)4)45(70)71/h9-12,21-24,27-32,35-36,56-58H,7-8,13-20,46H2,1-6H3,(H2,47,59)(H,48,63)(H,49,68)(H,50,66)(H,51,67)(H,52,62)(H,53,65)(H,54,64)(H,60,61)(H,70,71)/t23-,24+,27-,28-,29-,30-,31-,32-,35-,36-/m0/s1. The van der Waals surface area contributed by atoms with Crippen LogP contribution in [0.4, 0.5) is 0 Å². The highest BCUT2D eigenvalue weighted by molar-refractivity contribution is 5.98. The van der Waals surface area contributed by atoms with E-state index in [0.29, 0.717) is 12.0 Å². The van der Waals surface area contributed by atoms with Crippen LogP contribution in [-0.4, -0.2) is 169 Å². The van der Waals surface area contributed by atoms with Gasteiger partial charge < -0.3 is 79.1 Å². The highest BCUT2D eigenvalue weighted by atomic mass is 16.4. The molecule has 0 unspecified atom stereocenters. The van der Waals surface area contributed by atoms with Crippen LogP contribution in [0.5, 0.6) is 5.75 Å². The number of carbonyl (C=O) groups excluding carboxylic acids is 9. The van der Waals surface area contributed by atoms with E-state index in [-0.39, 0.29) is 50.3 Å². The minimum absolute atomic E-state index is 0.0220. The van der Waals surface area contributed by atoms with E-state index in [9.17, 15) is 78.3 Å². The molecule has 1 aliphatic rings. The molecule has 0 saturated carbocycles. The predicted octanol–water partition coefficient (Wildman–Crippen LogP) is -4.04. The van der Waals surface area contributed by atoms with Crippen LogP contribution in [0.25, 0.3) is 0 Å². The zero-order valence-corrected chi connectivity index (χ0v) is 40.6. The number of aliphatic hydroxyl groups excluding tert-OH is 2. The number of rotatable bonds is 29. The summed E-state index contributed by atoms with van der Waals surface area (Å²) in [4.78, 5) is 144. The smallest absolute Gasteiger partial charge is 0.326 e. The fourth-order valence-corrected chi connectivity index (χ4v) is 7.35. The molecule has 1 saturated heterocycles. The lowest BCUT2D eigenvalue weighted by Gasteiger charge is -2.30. The Labute approximate surface area is 410 Å². The van der Waals surface area contributed by atoms with Crippen molar-refractivity contribution in [3.8, 4) is 5.75 Å². The Kier molecular flexibility index (Phi) is 24.3.